The largest absolute Gasteiger partial charge is 0.497 e. The van der Waals surface area contributed by atoms with Crippen LogP contribution >= 0.6 is 11.3 Å². The van der Waals surface area contributed by atoms with E-state index in [1.807, 2.05) is 25.1 Å². The zero-order valence-corrected chi connectivity index (χ0v) is 23.3. The van der Waals surface area contributed by atoms with Crippen molar-refractivity contribution in [3.05, 3.63) is 76.2 Å². The summed E-state index contributed by atoms with van der Waals surface area (Å²) in [7, 11) is 1.60. The molecule has 0 bridgehead atoms. The number of thiophene rings is 1. The number of rotatable bonds is 12. The second kappa shape index (κ2) is 12.7. The number of aromatic nitrogens is 2. The Labute approximate surface area is 228 Å². The lowest BCUT2D eigenvalue weighted by atomic mass is 10.1. The van der Waals surface area contributed by atoms with Crippen LogP contribution in [0.4, 0.5) is 5.69 Å². The van der Waals surface area contributed by atoms with Crippen LogP contribution in [-0.4, -0.2) is 34.5 Å². The number of nitrogens with zero attached hydrogens (tertiary/aromatic N) is 2. The highest BCUT2D eigenvalue weighted by Gasteiger charge is 2.23. The molecule has 8 heteroatoms. The molecule has 0 fully saturated rings. The zero-order chi connectivity index (χ0) is 27.1. The molecule has 0 aliphatic heterocycles. The number of imidazole rings is 1. The number of hydrogen-bond donors (Lipinski definition) is 2. The number of anilines is 1. The maximum atomic E-state index is 13.3. The number of nitrogens with one attached hydrogen (secondary N) is 2. The van der Waals surface area contributed by atoms with Gasteiger partial charge < -0.3 is 19.9 Å². The van der Waals surface area contributed by atoms with E-state index in [1.165, 1.54) is 4.88 Å². The Balaban J connectivity index is 1.56. The maximum absolute atomic E-state index is 13.3. The fraction of sp³-hybridized carbons (Fsp3) is 0.367. The van der Waals surface area contributed by atoms with Gasteiger partial charge in [-0.1, -0.05) is 33.3 Å². The van der Waals surface area contributed by atoms with Gasteiger partial charge >= 0.3 is 0 Å². The highest BCUT2D eigenvalue weighted by molar-refractivity contribution is 7.09. The number of benzene rings is 2. The van der Waals surface area contributed by atoms with Crippen LogP contribution in [0.1, 0.15) is 73.6 Å². The molecule has 1 atom stereocenters. The quantitative estimate of drug-likeness (QED) is 0.215. The highest BCUT2D eigenvalue weighted by atomic mass is 32.1. The third-order valence-corrected chi connectivity index (χ3v) is 7.68. The van der Waals surface area contributed by atoms with Gasteiger partial charge in [0.15, 0.2) is 0 Å². The van der Waals surface area contributed by atoms with Gasteiger partial charge in [-0.05, 0) is 73.2 Å². The molecule has 0 saturated heterocycles. The maximum Gasteiger partial charge on any atom is 0.252 e. The Bertz CT molecular complexity index is 1360. The van der Waals surface area contributed by atoms with E-state index in [4.69, 9.17) is 9.72 Å². The first-order chi connectivity index (χ1) is 18.5. The summed E-state index contributed by atoms with van der Waals surface area (Å²) in [4.78, 5) is 32.5. The Morgan fingerprint density at radius 3 is 2.45 bits per heavy atom. The normalized spacial score (nSPS) is 12.0. The number of fused-ring (bicyclic) bond motifs is 1. The Morgan fingerprint density at radius 2 is 1.82 bits per heavy atom. The second-order valence-electron chi connectivity index (χ2n) is 9.36. The van der Waals surface area contributed by atoms with E-state index < -0.39 is 6.04 Å². The molecule has 0 radical (unpaired) electrons. The van der Waals surface area contributed by atoms with Crippen molar-refractivity contribution >= 4 is 39.9 Å². The highest BCUT2D eigenvalue weighted by Crippen LogP contribution is 2.28. The van der Waals surface area contributed by atoms with E-state index in [9.17, 15) is 9.59 Å². The molecule has 0 saturated carbocycles. The molecule has 2 N–H and O–H groups in total. The van der Waals surface area contributed by atoms with E-state index >= 15 is 0 Å². The van der Waals surface area contributed by atoms with Crippen molar-refractivity contribution in [1.29, 1.82) is 0 Å². The summed E-state index contributed by atoms with van der Waals surface area (Å²) in [6.45, 7) is 6.38. The molecule has 7 nitrogen and oxygen atoms in total. The topological polar surface area (TPSA) is 85.2 Å². The van der Waals surface area contributed by atoms with Gasteiger partial charge in [-0.25, -0.2) is 4.98 Å². The molecular formula is C30H36N4O3S. The van der Waals surface area contributed by atoms with Crippen molar-refractivity contribution in [2.75, 3.05) is 12.4 Å². The first-order valence-electron chi connectivity index (χ1n) is 13.3. The van der Waals surface area contributed by atoms with E-state index in [1.54, 1.807) is 42.7 Å². The van der Waals surface area contributed by atoms with Crippen molar-refractivity contribution < 1.29 is 14.3 Å². The molecule has 2 aromatic carbocycles. The van der Waals surface area contributed by atoms with Crippen molar-refractivity contribution in [2.24, 2.45) is 0 Å². The minimum absolute atomic E-state index is 0.248. The molecule has 2 amide bonds. The summed E-state index contributed by atoms with van der Waals surface area (Å²) < 4.78 is 7.51. The minimum atomic E-state index is -0.651. The van der Waals surface area contributed by atoms with E-state index in [0.29, 0.717) is 29.5 Å². The molecule has 4 rings (SSSR count). The molecule has 2 aromatic heterocycles. The fourth-order valence-corrected chi connectivity index (χ4v) is 5.45. The van der Waals surface area contributed by atoms with E-state index in [0.717, 1.165) is 42.5 Å². The van der Waals surface area contributed by atoms with E-state index in [-0.39, 0.29) is 11.8 Å². The lowest BCUT2D eigenvalue weighted by molar-refractivity contribution is -0.118. The first kappa shape index (κ1) is 27.4. The third-order valence-electron chi connectivity index (χ3n) is 6.80. The molecule has 0 aliphatic rings. The molecule has 0 spiro atoms. The van der Waals surface area contributed by atoms with E-state index in [2.05, 4.69) is 46.6 Å². The number of carbonyl (C=O) groups is 2. The number of methoxy groups -OCH3 is 1. The van der Waals surface area contributed by atoms with Crippen LogP contribution in [0.15, 0.2) is 60.0 Å². The summed E-state index contributed by atoms with van der Waals surface area (Å²) in [6.07, 6.45) is 4.05. The SMILES string of the molecule is CCC[C@H](NC(=O)c1ccc2c(c1)nc(Cc1cccs1)n2C(CC)CC)C(=O)Nc1ccc(OC)cc1. The van der Waals surface area contributed by atoms with Crippen LogP contribution < -0.4 is 15.4 Å². The zero-order valence-electron chi connectivity index (χ0n) is 22.5. The minimum Gasteiger partial charge on any atom is -0.497 e. The first-order valence-corrected chi connectivity index (χ1v) is 14.1. The number of amides is 2. The van der Waals surface area contributed by atoms with Crippen LogP contribution in [0.2, 0.25) is 0 Å². The van der Waals surface area contributed by atoms with Crippen LogP contribution in [0.3, 0.4) is 0 Å². The van der Waals surface area contributed by atoms with Crippen LogP contribution in [-0.2, 0) is 11.2 Å². The Morgan fingerprint density at radius 1 is 1.05 bits per heavy atom. The summed E-state index contributed by atoms with van der Waals surface area (Å²) in [5.74, 6) is 1.19. The molecular weight excluding hydrogens is 496 g/mol. The van der Waals surface area contributed by atoms with Gasteiger partial charge in [0.2, 0.25) is 5.91 Å². The molecule has 2 heterocycles. The standard InChI is InChI=1S/C30H36N4O3S/c1-5-9-25(30(36)31-21-12-14-23(37-4)15-13-21)33-29(35)20-11-16-27-26(18-20)32-28(19-24-10-8-17-38-24)34(27)22(6-2)7-3/h8,10-18,22,25H,5-7,9,19H2,1-4H3,(H,31,36)(H,33,35)/t25-/m0/s1. The average Bonchev–Trinajstić information content (AvgIpc) is 3.57. The number of carbonyl (C=O) groups excluding carboxylic acids is 2. The van der Waals surface area contributed by atoms with Crippen LogP contribution in [0, 0.1) is 0 Å². The van der Waals surface area contributed by atoms with Gasteiger partial charge in [-0.2, -0.15) is 0 Å². The monoisotopic (exact) mass is 532 g/mol. The molecule has 0 aliphatic carbocycles. The predicted molar refractivity (Wildman–Crippen MR) is 154 cm³/mol. The van der Waals surface area contributed by atoms with Crippen molar-refractivity contribution in [3.63, 3.8) is 0 Å². The lowest BCUT2D eigenvalue weighted by Gasteiger charge is -2.19. The molecule has 4 aromatic rings. The van der Waals surface area contributed by atoms with Gasteiger partial charge in [0, 0.05) is 28.6 Å². The lowest BCUT2D eigenvalue weighted by Crippen LogP contribution is -2.43. The van der Waals surface area contributed by atoms with Gasteiger partial charge in [-0.15, -0.1) is 11.3 Å². The third kappa shape index (κ3) is 6.25. The summed E-state index contributed by atoms with van der Waals surface area (Å²) in [5.41, 5.74) is 2.97. The van der Waals surface area contributed by atoms with Crippen LogP contribution in [0.5, 0.6) is 5.75 Å². The van der Waals surface area contributed by atoms with Gasteiger partial charge in [0.1, 0.15) is 17.6 Å². The molecule has 38 heavy (non-hydrogen) atoms. The average molecular weight is 533 g/mol. The molecule has 200 valence electrons. The second-order valence-corrected chi connectivity index (χ2v) is 10.4. The predicted octanol–water partition coefficient (Wildman–Crippen LogP) is 6.60. The van der Waals surface area contributed by atoms with Gasteiger partial charge in [0.25, 0.3) is 5.91 Å². The van der Waals surface area contributed by atoms with Crippen molar-refractivity contribution in [2.45, 2.75) is 65.0 Å². The Kier molecular flexibility index (Phi) is 9.18. The number of hydrogen-bond acceptors (Lipinski definition) is 5. The fourth-order valence-electron chi connectivity index (χ4n) is 4.75. The van der Waals surface area contributed by atoms with Gasteiger partial charge in [0.05, 0.1) is 18.1 Å². The smallest absolute Gasteiger partial charge is 0.252 e. The van der Waals surface area contributed by atoms with Crippen molar-refractivity contribution in [3.8, 4) is 5.75 Å². The summed E-state index contributed by atoms with van der Waals surface area (Å²) in [5, 5.41) is 7.92. The number of ether oxygens (including phenoxy) is 1. The Hall–Kier alpha value is -3.65. The van der Waals surface area contributed by atoms with Crippen LogP contribution in [0.25, 0.3) is 11.0 Å². The summed E-state index contributed by atoms with van der Waals surface area (Å²) in [6, 6.07) is 16.7. The summed E-state index contributed by atoms with van der Waals surface area (Å²) >= 11 is 1.73. The van der Waals surface area contributed by atoms with Gasteiger partial charge in [-0.3, -0.25) is 9.59 Å². The van der Waals surface area contributed by atoms with Crippen molar-refractivity contribution in [1.82, 2.24) is 14.9 Å². The molecule has 0 unspecified atom stereocenters.